The van der Waals surface area contributed by atoms with E-state index in [0.717, 1.165) is 19.6 Å². The molecule has 0 aromatic rings. The Labute approximate surface area is 150 Å². The van der Waals surface area contributed by atoms with Gasteiger partial charge in [-0.1, -0.05) is 103 Å². The lowest BCUT2D eigenvalue weighted by molar-refractivity contribution is -0.296. The van der Waals surface area contributed by atoms with Crippen molar-refractivity contribution in [3.05, 3.63) is 0 Å². The third kappa shape index (κ3) is 16.7. The fourth-order valence-corrected chi connectivity index (χ4v) is 3.06. The molecule has 0 N–H and O–H groups in total. The van der Waals surface area contributed by atoms with Crippen molar-refractivity contribution >= 4 is 0 Å². The third-order valence-electron chi connectivity index (χ3n) is 4.82. The Morgan fingerprint density at radius 2 is 1.04 bits per heavy atom. The zero-order valence-electron chi connectivity index (χ0n) is 16.2. The fourth-order valence-electron chi connectivity index (χ4n) is 3.06. The zero-order chi connectivity index (χ0) is 17.1. The van der Waals surface area contributed by atoms with Crippen molar-refractivity contribution in [1.29, 1.82) is 0 Å². The van der Waals surface area contributed by atoms with Crippen molar-refractivity contribution in [3.63, 3.8) is 0 Å². The first-order valence-electron chi connectivity index (χ1n) is 10.8. The molecule has 0 saturated carbocycles. The van der Waals surface area contributed by atoms with E-state index in [-0.39, 0.29) is 0 Å². The van der Waals surface area contributed by atoms with Crippen LogP contribution in [0.15, 0.2) is 0 Å². The van der Waals surface area contributed by atoms with Gasteiger partial charge in [-0.05, 0) is 6.42 Å². The molecule has 1 heterocycles. The molecule has 1 aliphatic heterocycles. The van der Waals surface area contributed by atoms with Gasteiger partial charge in [-0.2, -0.15) is 0 Å². The van der Waals surface area contributed by atoms with Gasteiger partial charge in [-0.25, -0.2) is 9.78 Å². The topological polar surface area (TPSA) is 31.0 Å². The molecular formula is C21H42O3. The highest BCUT2D eigenvalue weighted by atomic mass is 17.2. The van der Waals surface area contributed by atoms with E-state index in [4.69, 9.17) is 14.5 Å². The SMILES string of the molecule is CCCCCCCCCCCCCCCCCCOOCC1CO1. The molecule has 0 aromatic heterocycles. The van der Waals surface area contributed by atoms with E-state index in [1.807, 2.05) is 0 Å². The van der Waals surface area contributed by atoms with Gasteiger partial charge >= 0.3 is 0 Å². The number of hydrogen-bond donors (Lipinski definition) is 0. The Kier molecular flexibility index (Phi) is 16.2. The zero-order valence-corrected chi connectivity index (χ0v) is 16.2. The Bertz CT molecular complexity index is 241. The van der Waals surface area contributed by atoms with Crippen LogP contribution in [-0.2, 0) is 14.5 Å². The highest BCUT2D eigenvalue weighted by Crippen LogP contribution is 2.14. The van der Waals surface area contributed by atoms with Gasteiger partial charge in [0.2, 0.25) is 0 Å². The van der Waals surface area contributed by atoms with E-state index in [9.17, 15) is 0 Å². The molecule has 24 heavy (non-hydrogen) atoms. The molecule has 3 heteroatoms. The second kappa shape index (κ2) is 17.7. The summed E-state index contributed by atoms with van der Waals surface area (Å²) in [6, 6.07) is 0. The van der Waals surface area contributed by atoms with Gasteiger partial charge in [-0.3, -0.25) is 0 Å². The Hall–Kier alpha value is -0.120. The summed E-state index contributed by atoms with van der Waals surface area (Å²) in [6.07, 6.45) is 22.7. The molecule has 3 nitrogen and oxygen atoms in total. The van der Waals surface area contributed by atoms with Crippen LogP contribution in [0.1, 0.15) is 110 Å². The monoisotopic (exact) mass is 342 g/mol. The first-order chi connectivity index (χ1) is 11.9. The molecule has 1 aliphatic rings. The maximum Gasteiger partial charge on any atom is 0.111 e. The number of rotatable bonds is 20. The van der Waals surface area contributed by atoms with Gasteiger partial charge < -0.3 is 4.74 Å². The molecule has 1 fully saturated rings. The number of ether oxygens (including phenoxy) is 1. The molecule has 1 unspecified atom stereocenters. The molecule has 1 atom stereocenters. The Morgan fingerprint density at radius 1 is 0.625 bits per heavy atom. The summed E-state index contributed by atoms with van der Waals surface area (Å²) < 4.78 is 5.04. The molecule has 1 rings (SSSR count). The van der Waals surface area contributed by atoms with Gasteiger partial charge in [0.1, 0.15) is 12.7 Å². The molecule has 0 aliphatic carbocycles. The standard InChI is InChI=1S/C21H42O3/c1-2-3-4-5-6-7-8-9-10-11-12-13-14-15-16-17-18-23-24-20-21-19-22-21/h21H,2-20H2,1H3. The lowest BCUT2D eigenvalue weighted by Crippen LogP contribution is -2.03. The third-order valence-corrected chi connectivity index (χ3v) is 4.82. The van der Waals surface area contributed by atoms with E-state index in [0.29, 0.717) is 12.7 Å². The summed E-state index contributed by atoms with van der Waals surface area (Å²) >= 11 is 0. The highest BCUT2D eigenvalue weighted by Gasteiger charge is 2.22. The summed E-state index contributed by atoms with van der Waals surface area (Å²) in [5, 5.41) is 0. The summed E-state index contributed by atoms with van der Waals surface area (Å²) in [7, 11) is 0. The quantitative estimate of drug-likeness (QED) is 0.108. The van der Waals surface area contributed by atoms with Gasteiger partial charge in [-0.15, -0.1) is 0 Å². The smallest absolute Gasteiger partial charge is 0.111 e. The summed E-state index contributed by atoms with van der Waals surface area (Å²) in [5.74, 6) is 0. The molecular weight excluding hydrogens is 300 g/mol. The van der Waals surface area contributed by atoms with Crippen LogP contribution in [-0.4, -0.2) is 25.9 Å². The van der Waals surface area contributed by atoms with Crippen molar-refractivity contribution in [2.45, 2.75) is 116 Å². The predicted octanol–water partition coefficient (Wildman–Crippen LogP) is 6.59. The van der Waals surface area contributed by atoms with Gasteiger partial charge in [0.05, 0.1) is 13.2 Å². The minimum atomic E-state index is 0.302. The van der Waals surface area contributed by atoms with E-state index in [2.05, 4.69) is 6.92 Å². The minimum Gasteiger partial charge on any atom is -0.370 e. The second-order valence-electron chi connectivity index (χ2n) is 7.37. The molecule has 0 bridgehead atoms. The molecule has 144 valence electrons. The van der Waals surface area contributed by atoms with E-state index in [1.165, 1.54) is 96.3 Å². The average Bonchev–Trinajstić information content (AvgIpc) is 3.41. The lowest BCUT2D eigenvalue weighted by Gasteiger charge is -2.04. The van der Waals surface area contributed by atoms with Gasteiger partial charge in [0.15, 0.2) is 0 Å². The number of epoxide rings is 1. The van der Waals surface area contributed by atoms with Crippen LogP contribution in [0.4, 0.5) is 0 Å². The first kappa shape index (κ1) is 21.9. The van der Waals surface area contributed by atoms with Crippen molar-refractivity contribution < 1.29 is 14.5 Å². The van der Waals surface area contributed by atoms with Crippen LogP contribution in [0.25, 0.3) is 0 Å². The van der Waals surface area contributed by atoms with Crippen LogP contribution < -0.4 is 0 Å². The summed E-state index contributed by atoms with van der Waals surface area (Å²) in [5.41, 5.74) is 0. The maximum atomic E-state index is 5.12. The fraction of sp³-hybridized carbons (Fsp3) is 1.00. The van der Waals surface area contributed by atoms with E-state index in [1.54, 1.807) is 0 Å². The lowest BCUT2D eigenvalue weighted by atomic mass is 10.0. The highest BCUT2D eigenvalue weighted by molar-refractivity contribution is 4.66. The van der Waals surface area contributed by atoms with Crippen LogP contribution in [0, 0.1) is 0 Å². The normalized spacial score (nSPS) is 16.6. The molecule has 0 radical (unpaired) electrons. The van der Waals surface area contributed by atoms with Crippen molar-refractivity contribution in [1.82, 2.24) is 0 Å². The van der Waals surface area contributed by atoms with E-state index < -0.39 is 0 Å². The maximum absolute atomic E-state index is 5.12. The van der Waals surface area contributed by atoms with Gasteiger partial charge in [0, 0.05) is 0 Å². The van der Waals surface area contributed by atoms with Crippen molar-refractivity contribution in [2.75, 3.05) is 19.8 Å². The molecule has 1 saturated heterocycles. The molecule has 0 amide bonds. The van der Waals surface area contributed by atoms with Crippen LogP contribution in [0.2, 0.25) is 0 Å². The summed E-state index contributed by atoms with van der Waals surface area (Å²) in [6.45, 7) is 4.45. The molecule has 0 spiro atoms. The predicted molar refractivity (Wildman–Crippen MR) is 101 cm³/mol. The summed E-state index contributed by atoms with van der Waals surface area (Å²) in [4.78, 5) is 10.2. The van der Waals surface area contributed by atoms with Gasteiger partial charge in [0.25, 0.3) is 0 Å². The van der Waals surface area contributed by atoms with Crippen LogP contribution in [0.5, 0.6) is 0 Å². The largest absolute Gasteiger partial charge is 0.370 e. The van der Waals surface area contributed by atoms with Crippen LogP contribution in [0.3, 0.4) is 0 Å². The minimum absolute atomic E-state index is 0.302. The second-order valence-corrected chi connectivity index (χ2v) is 7.37. The Morgan fingerprint density at radius 3 is 1.46 bits per heavy atom. The van der Waals surface area contributed by atoms with E-state index >= 15 is 0 Å². The average molecular weight is 343 g/mol. The van der Waals surface area contributed by atoms with Crippen molar-refractivity contribution in [2.24, 2.45) is 0 Å². The molecule has 0 aromatic carbocycles. The first-order valence-corrected chi connectivity index (χ1v) is 10.8. The number of unbranched alkanes of at least 4 members (excludes halogenated alkanes) is 15. The Balaban J connectivity index is 1.59. The number of hydrogen-bond acceptors (Lipinski definition) is 3. The van der Waals surface area contributed by atoms with Crippen molar-refractivity contribution in [3.8, 4) is 0 Å². The van der Waals surface area contributed by atoms with Crippen LogP contribution >= 0.6 is 0 Å².